The molecule has 1 aromatic heterocycles. The maximum Gasteiger partial charge on any atom is 0.221 e. The van der Waals surface area contributed by atoms with Crippen molar-refractivity contribution in [3.05, 3.63) is 11.9 Å². The fraction of sp³-hybridized carbons (Fsp3) is 0.692. The van der Waals surface area contributed by atoms with Crippen molar-refractivity contribution in [3.63, 3.8) is 0 Å². The Morgan fingerprint density at radius 2 is 2.11 bits per heavy atom. The highest BCUT2D eigenvalue weighted by atomic mass is 16.5. The van der Waals surface area contributed by atoms with Gasteiger partial charge in [-0.15, -0.1) is 0 Å². The molecule has 2 rings (SSSR count). The number of hydrogen-bond acceptors (Lipinski definition) is 5. The fourth-order valence-electron chi connectivity index (χ4n) is 2.55. The van der Waals surface area contributed by atoms with Crippen molar-refractivity contribution in [2.75, 3.05) is 38.7 Å². The summed E-state index contributed by atoms with van der Waals surface area (Å²) in [5.74, 6) is 2.38. The zero-order chi connectivity index (χ0) is 13.0. The number of piperidine rings is 1. The van der Waals surface area contributed by atoms with E-state index in [9.17, 15) is 0 Å². The SMILES string of the molecule is COc1ncnc(N(C)CC2CCNCC2)c1C. The van der Waals surface area contributed by atoms with Crippen LogP contribution in [0.25, 0.3) is 0 Å². The lowest BCUT2D eigenvalue weighted by Crippen LogP contribution is -2.35. The molecule has 0 atom stereocenters. The number of hydrogen-bond donors (Lipinski definition) is 1. The number of anilines is 1. The lowest BCUT2D eigenvalue weighted by molar-refractivity contribution is 0.375. The molecule has 18 heavy (non-hydrogen) atoms. The largest absolute Gasteiger partial charge is 0.481 e. The fourth-order valence-corrected chi connectivity index (χ4v) is 2.55. The van der Waals surface area contributed by atoms with E-state index >= 15 is 0 Å². The van der Waals surface area contributed by atoms with E-state index in [1.54, 1.807) is 13.4 Å². The van der Waals surface area contributed by atoms with Gasteiger partial charge in [0.1, 0.15) is 12.1 Å². The minimum atomic E-state index is 0.664. The molecule has 5 heteroatoms. The Morgan fingerprint density at radius 1 is 1.39 bits per heavy atom. The highest BCUT2D eigenvalue weighted by Gasteiger charge is 2.18. The second-order valence-corrected chi connectivity index (χ2v) is 4.91. The Balaban J connectivity index is 2.05. The van der Waals surface area contributed by atoms with Crippen LogP contribution in [0.2, 0.25) is 0 Å². The standard InChI is InChI=1S/C13H22N4O/c1-10-12(15-9-16-13(10)18-3)17(2)8-11-4-6-14-7-5-11/h9,11,14H,4-8H2,1-3H3. The topological polar surface area (TPSA) is 50.3 Å². The molecule has 1 aliphatic heterocycles. The summed E-state index contributed by atoms with van der Waals surface area (Å²) in [7, 11) is 3.74. The van der Waals surface area contributed by atoms with Gasteiger partial charge in [-0.05, 0) is 38.8 Å². The minimum absolute atomic E-state index is 0.664. The van der Waals surface area contributed by atoms with Crippen molar-refractivity contribution in [2.24, 2.45) is 5.92 Å². The van der Waals surface area contributed by atoms with Gasteiger partial charge in [0.15, 0.2) is 0 Å². The molecule has 1 fully saturated rings. The molecule has 0 spiro atoms. The van der Waals surface area contributed by atoms with Crippen molar-refractivity contribution in [3.8, 4) is 5.88 Å². The van der Waals surface area contributed by atoms with Crippen LogP contribution in [0, 0.1) is 12.8 Å². The summed E-state index contributed by atoms with van der Waals surface area (Å²) in [4.78, 5) is 10.7. The maximum absolute atomic E-state index is 5.24. The van der Waals surface area contributed by atoms with Crippen molar-refractivity contribution in [1.29, 1.82) is 0 Å². The van der Waals surface area contributed by atoms with Gasteiger partial charge in [0.05, 0.1) is 12.7 Å². The third-order valence-corrected chi connectivity index (χ3v) is 3.56. The monoisotopic (exact) mass is 250 g/mol. The number of aromatic nitrogens is 2. The average molecular weight is 250 g/mol. The molecular weight excluding hydrogens is 228 g/mol. The van der Waals surface area contributed by atoms with E-state index in [-0.39, 0.29) is 0 Å². The second-order valence-electron chi connectivity index (χ2n) is 4.91. The third-order valence-electron chi connectivity index (χ3n) is 3.56. The summed E-state index contributed by atoms with van der Waals surface area (Å²) >= 11 is 0. The van der Waals surface area contributed by atoms with Crippen LogP contribution in [0.4, 0.5) is 5.82 Å². The molecule has 0 aliphatic carbocycles. The summed E-state index contributed by atoms with van der Waals surface area (Å²) in [6.07, 6.45) is 4.05. The quantitative estimate of drug-likeness (QED) is 0.871. The van der Waals surface area contributed by atoms with Crippen LogP contribution in [0.1, 0.15) is 18.4 Å². The van der Waals surface area contributed by atoms with Gasteiger partial charge in [-0.3, -0.25) is 0 Å². The van der Waals surface area contributed by atoms with Crippen molar-refractivity contribution < 1.29 is 4.74 Å². The summed E-state index contributed by atoms with van der Waals surface area (Å²) in [6.45, 7) is 5.31. The van der Waals surface area contributed by atoms with Crippen molar-refractivity contribution in [2.45, 2.75) is 19.8 Å². The van der Waals surface area contributed by atoms with Crippen LogP contribution in [-0.4, -0.2) is 43.8 Å². The van der Waals surface area contributed by atoms with Crippen LogP contribution in [0.15, 0.2) is 6.33 Å². The van der Waals surface area contributed by atoms with E-state index in [2.05, 4.69) is 27.2 Å². The van der Waals surface area contributed by atoms with Crippen LogP contribution >= 0.6 is 0 Å². The van der Waals surface area contributed by atoms with E-state index in [4.69, 9.17) is 4.74 Å². The number of ether oxygens (including phenoxy) is 1. The Morgan fingerprint density at radius 3 is 2.78 bits per heavy atom. The van der Waals surface area contributed by atoms with Gasteiger partial charge in [-0.1, -0.05) is 0 Å². The molecular formula is C13H22N4O. The molecule has 1 aromatic rings. The molecule has 100 valence electrons. The van der Waals surface area contributed by atoms with E-state index < -0.39 is 0 Å². The molecule has 0 radical (unpaired) electrons. The molecule has 2 heterocycles. The maximum atomic E-state index is 5.24. The van der Waals surface area contributed by atoms with E-state index in [0.29, 0.717) is 5.88 Å². The first-order valence-electron chi connectivity index (χ1n) is 6.49. The van der Waals surface area contributed by atoms with Gasteiger partial charge in [-0.25, -0.2) is 9.97 Å². The number of nitrogens with one attached hydrogen (secondary N) is 1. The zero-order valence-electron chi connectivity index (χ0n) is 11.4. The Hall–Kier alpha value is -1.36. The first kappa shape index (κ1) is 13.1. The Bertz CT molecular complexity index is 391. The van der Waals surface area contributed by atoms with Gasteiger partial charge in [-0.2, -0.15) is 0 Å². The van der Waals surface area contributed by atoms with Gasteiger partial charge < -0.3 is 15.0 Å². The zero-order valence-corrected chi connectivity index (χ0v) is 11.4. The summed E-state index contributed by atoms with van der Waals surface area (Å²) in [5, 5.41) is 3.39. The Kier molecular flexibility index (Phi) is 4.36. The first-order chi connectivity index (χ1) is 8.72. The summed E-state index contributed by atoms with van der Waals surface area (Å²) in [5.41, 5.74) is 1.01. The molecule has 1 N–H and O–H groups in total. The highest BCUT2D eigenvalue weighted by molar-refractivity contribution is 5.49. The van der Waals surface area contributed by atoms with Crippen LogP contribution in [0.3, 0.4) is 0 Å². The van der Waals surface area contributed by atoms with E-state index in [0.717, 1.165) is 36.9 Å². The Labute approximate surface area is 109 Å². The molecule has 0 amide bonds. The molecule has 1 saturated heterocycles. The number of nitrogens with zero attached hydrogens (tertiary/aromatic N) is 3. The summed E-state index contributed by atoms with van der Waals surface area (Å²) in [6, 6.07) is 0. The predicted octanol–water partition coefficient (Wildman–Crippen LogP) is 1.23. The molecule has 0 bridgehead atoms. The van der Waals surface area contributed by atoms with Crippen molar-refractivity contribution >= 4 is 5.82 Å². The minimum Gasteiger partial charge on any atom is -0.481 e. The molecule has 0 unspecified atom stereocenters. The molecule has 1 aliphatic rings. The first-order valence-corrected chi connectivity index (χ1v) is 6.49. The normalized spacial score (nSPS) is 16.6. The van der Waals surface area contributed by atoms with E-state index in [1.807, 2.05) is 6.92 Å². The highest BCUT2D eigenvalue weighted by Crippen LogP contribution is 2.24. The average Bonchev–Trinajstić information content (AvgIpc) is 2.40. The predicted molar refractivity (Wildman–Crippen MR) is 72.2 cm³/mol. The number of rotatable bonds is 4. The van der Waals surface area contributed by atoms with E-state index in [1.165, 1.54) is 12.8 Å². The lowest BCUT2D eigenvalue weighted by atomic mass is 9.97. The van der Waals surface area contributed by atoms with Crippen LogP contribution in [-0.2, 0) is 0 Å². The second kappa shape index (κ2) is 6.00. The van der Waals surface area contributed by atoms with Crippen molar-refractivity contribution in [1.82, 2.24) is 15.3 Å². The van der Waals surface area contributed by atoms with Gasteiger partial charge >= 0.3 is 0 Å². The van der Waals surface area contributed by atoms with Gasteiger partial charge in [0, 0.05) is 13.6 Å². The van der Waals surface area contributed by atoms with Gasteiger partial charge in [0.2, 0.25) is 5.88 Å². The summed E-state index contributed by atoms with van der Waals surface area (Å²) < 4.78 is 5.24. The lowest BCUT2D eigenvalue weighted by Gasteiger charge is -2.29. The smallest absolute Gasteiger partial charge is 0.221 e. The molecule has 0 saturated carbocycles. The molecule has 0 aromatic carbocycles. The van der Waals surface area contributed by atoms with Gasteiger partial charge in [0.25, 0.3) is 0 Å². The number of methoxy groups -OCH3 is 1. The third kappa shape index (κ3) is 2.90. The van der Waals surface area contributed by atoms with Crippen LogP contribution < -0.4 is 15.0 Å². The molecule has 5 nitrogen and oxygen atoms in total. The van der Waals surface area contributed by atoms with Crippen LogP contribution in [0.5, 0.6) is 5.88 Å².